The van der Waals surface area contributed by atoms with Gasteiger partial charge in [0.2, 0.25) is 0 Å². The van der Waals surface area contributed by atoms with Crippen LogP contribution in [0.2, 0.25) is 0 Å². The van der Waals surface area contributed by atoms with Gasteiger partial charge < -0.3 is 5.11 Å². The van der Waals surface area contributed by atoms with E-state index in [9.17, 15) is 9.90 Å². The predicted molar refractivity (Wildman–Crippen MR) is 97.1 cm³/mol. The zero-order valence-corrected chi connectivity index (χ0v) is 15.8. The van der Waals surface area contributed by atoms with Crippen LogP contribution in [0.25, 0.3) is 0 Å². The molecule has 0 fully saturated rings. The number of hydrogen-bond acceptors (Lipinski definition) is 2. The van der Waals surface area contributed by atoms with Crippen LogP contribution in [0.1, 0.15) is 83.3 Å². The number of carbonyl (C=O) groups excluding carboxylic acids is 1. The van der Waals surface area contributed by atoms with E-state index in [2.05, 4.69) is 5.92 Å². The van der Waals surface area contributed by atoms with Crippen LogP contribution in [-0.2, 0) is 10.8 Å². The van der Waals surface area contributed by atoms with Crippen molar-refractivity contribution < 1.29 is 9.90 Å². The van der Waals surface area contributed by atoms with E-state index in [-0.39, 0.29) is 22.4 Å². The molecule has 0 radical (unpaired) electrons. The number of aromatic hydroxyl groups is 1. The maximum Gasteiger partial charge on any atom is 0.164 e. The third-order valence-corrected chi connectivity index (χ3v) is 4.04. The van der Waals surface area contributed by atoms with Crippen LogP contribution >= 0.6 is 0 Å². The van der Waals surface area contributed by atoms with Gasteiger partial charge >= 0.3 is 0 Å². The van der Waals surface area contributed by atoms with Crippen LogP contribution in [0.4, 0.5) is 0 Å². The van der Waals surface area contributed by atoms with Gasteiger partial charge in [-0.15, -0.1) is 12.3 Å². The molecule has 1 N–H and O–H groups in total. The molecule has 0 saturated heterocycles. The molecular weight excluding hydrogens is 284 g/mol. The molecule has 1 rings (SSSR count). The fraction of sp³-hybridized carbons (Fsp3) is 0.571. The molecule has 0 heterocycles. The number of terminal acetylenes is 1. The van der Waals surface area contributed by atoms with Crippen molar-refractivity contribution in [3.63, 3.8) is 0 Å². The number of hydrogen-bond donors (Lipinski definition) is 1. The summed E-state index contributed by atoms with van der Waals surface area (Å²) in [6, 6.07) is 3.64. The minimum Gasteiger partial charge on any atom is -0.507 e. The lowest BCUT2D eigenvalue weighted by Gasteiger charge is -2.28. The Morgan fingerprint density at radius 2 is 1.39 bits per heavy atom. The second-order valence-corrected chi connectivity index (χ2v) is 9.05. The van der Waals surface area contributed by atoms with Crippen molar-refractivity contribution in [3.05, 3.63) is 28.8 Å². The molecule has 126 valence electrons. The van der Waals surface area contributed by atoms with Crippen molar-refractivity contribution in [2.24, 2.45) is 5.41 Å². The largest absolute Gasteiger partial charge is 0.507 e. The van der Waals surface area contributed by atoms with Gasteiger partial charge in [-0.05, 0) is 36.8 Å². The lowest BCUT2D eigenvalue weighted by atomic mass is 9.77. The van der Waals surface area contributed by atoms with Crippen molar-refractivity contribution >= 4 is 5.78 Å². The lowest BCUT2D eigenvalue weighted by molar-refractivity contribution is 0.0952. The number of carbonyl (C=O) groups is 1. The lowest BCUT2D eigenvalue weighted by Crippen LogP contribution is -2.20. The summed E-state index contributed by atoms with van der Waals surface area (Å²) in [5.74, 6) is 2.98. The highest BCUT2D eigenvalue weighted by molar-refractivity contribution is 5.97. The van der Waals surface area contributed by atoms with Crippen molar-refractivity contribution in [3.8, 4) is 18.1 Å². The summed E-state index contributed by atoms with van der Waals surface area (Å²) in [4.78, 5) is 12.7. The van der Waals surface area contributed by atoms with Crippen molar-refractivity contribution in [2.45, 2.75) is 72.6 Å². The summed E-state index contributed by atoms with van der Waals surface area (Å²) in [7, 11) is 0. The molecule has 0 spiro atoms. The Morgan fingerprint density at radius 1 is 1.00 bits per heavy atom. The van der Waals surface area contributed by atoms with Gasteiger partial charge in [-0.25, -0.2) is 0 Å². The summed E-state index contributed by atoms with van der Waals surface area (Å²) in [5.41, 5.74) is 1.25. The molecule has 0 aliphatic carbocycles. The maximum atomic E-state index is 12.7. The van der Waals surface area contributed by atoms with E-state index in [1.165, 1.54) is 0 Å². The minimum absolute atomic E-state index is 0.0175. The number of phenolic OH excluding ortho intramolecular Hbond substituents is 1. The standard InChI is InChI=1S/C21H30O2/c1-10-21(8,9)13-17(22)14-11-15(19(2,3)4)18(23)16(12-14)20(5,6)7/h1,11-12,23H,13H2,2-9H3. The number of ketones is 1. The summed E-state index contributed by atoms with van der Waals surface area (Å²) in [6.45, 7) is 16.0. The Labute approximate surface area is 141 Å². The highest BCUT2D eigenvalue weighted by Gasteiger charge is 2.29. The molecule has 0 amide bonds. The van der Waals surface area contributed by atoms with Crippen LogP contribution < -0.4 is 0 Å². The molecule has 2 heteroatoms. The van der Waals surface area contributed by atoms with Gasteiger partial charge in [-0.2, -0.15) is 0 Å². The summed E-state index contributed by atoms with van der Waals surface area (Å²) in [6.07, 6.45) is 5.81. The van der Waals surface area contributed by atoms with E-state index in [4.69, 9.17) is 6.42 Å². The highest BCUT2D eigenvalue weighted by atomic mass is 16.3. The molecule has 0 saturated carbocycles. The Balaban J connectivity index is 3.52. The van der Waals surface area contributed by atoms with Crippen molar-refractivity contribution in [2.75, 3.05) is 0 Å². The molecular formula is C21H30O2. The Kier molecular flexibility index (Phi) is 5.07. The zero-order valence-electron chi connectivity index (χ0n) is 15.8. The topological polar surface area (TPSA) is 37.3 Å². The fourth-order valence-electron chi connectivity index (χ4n) is 2.49. The van der Waals surface area contributed by atoms with Gasteiger partial charge in [-0.1, -0.05) is 41.5 Å². The van der Waals surface area contributed by atoms with E-state index in [1.54, 1.807) is 0 Å². The SMILES string of the molecule is C#CC(C)(C)CC(=O)c1cc(C(C)(C)C)c(O)c(C(C)(C)C)c1. The van der Waals surface area contributed by atoms with E-state index in [0.717, 1.165) is 11.1 Å². The second-order valence-electron chi connectivity index (χ2n) is 9.05. The second kappa shape index (κ2) is 6.04. The molecule has 0 bridgehead atoms. The average molecular weight is 314 g/mol. The first-order chi connectivity index (χ1) is 10.2. The van der Waals surface area contributed by atoms with Crippen LogP contribution in [0, 0.1) is 17.8 Å². The summed E-state index contributed by atoms with van der Waals surface area (Å²) < 4.78 is 0. The predicted octanol–water partition coefficient (Wildman–Crippen LogP) is 5.22. The molecule has 23 heavy (non-hydrogen) atoms. The molecule has 0 aliphatic heterocycles. The molecule has 0 aromatic heterocycles. The Hall–Kier alpha value is -1.75. The minimum atomic E-state index is -0.473. The Morgan fingerprint density at radius 3 is 1.70 bits per heavy atom. The number of Topliss-reactive ketones (excluding diaryl/α,β-unsaturated/α-hetero) is 1. The molecule has 1 aromatic carbocycles. The number of benzene rings is 1. The van der Waals surface area contributed by atoms with Crippen LogP contribution in [0.3, 0.4) is 0 Å². The summed E-state index contributed by atoms with van der Waals surface area (Å²) >= 11 is 0. The smallest absolute Gasteiger partial charge is 0.164 e. The van der Waals surface area contributed by atoms with Crippen LogP contribution in [-0.4, -0.2) is 10.9 Å². The number of rotatable bonds is 3. The first-order valence-corrected chi connectivity index (χ1v) is 8.08. The van der Waals surface area contributed by atoms with E-state index in [0.29, 0.717) is 12.0 Å². The van der Waals surface area contributed by atoms with Gasteiger partial charge in [-0.3, -0.25) is 4.79 Å². The van der Waals surface area contributed by atoms with Gasteiger partial charge in [0, 0.05) is 28.5 Å². The van der Waals surface area contributed by atoms with Gasteiger partial charge in [0.15, 0.2) is 5.78 Å². The monoisotopic (exact) mass is 314 g/mol. The molecule has 2 nitrogen and oxygen atoms in total. The first-order valence-electron chi connectivity index (χ1n) is 8.08. The zero-order chi connectivity index (χ0) is 18.2. The quantitative estimate of drug-likeness (QED) is 0.613. The molecule has 0 aliphatic rings. The van der Waals surface area contributed by atoms with Crippen LogP contribution in [0.5, 0.6) is 5.75 Å². The average Bonchev–Trinajstić information content (AvgIpc) is 2.35. The number of phenols is 1. The third kappa shape index (κ3) is 4.61. The summed E-state index contributed by atoms with van der Waals surface area (Å²) in [5, 5.41) is 10.7. The first kappa shape index (κ1) is 19.3. The van der Waals surface area contributed by atoms with Gasteiger partial charge in [0.25, 0.3) is 0 Å². The van der Waals surface area contributed by atoms with Crippen molar-refractivity contribution in [1.82, 2.24) is 0 Å². The maximum absolute atomic E-state index is 12.7. The van der Waals surface area contributed by atoms with E-state index >= 15 is 0 Å². The van der Waals surface area contributed by atoms with Gasteiger partial charge in [0.1, 0.15) is 5.75 Å². The molecule has 0 unspecified atom stereocenters. The van der Waals surface area contributed by atoms with Crippen LogP contribution in [0.15, 0.2) is 12.1 Å². The normalized spacial score (nSPS) is 12.8. The fourth-order valence-corrected chi connectivity index (χ4v) is 2.49. The van der Waals surface area contributed by atoms with E-state index < -0.39 is 5.41 Å². The molecule has 1 aromatic rings. The highest BCUT2D eigenvalue weighted by Crippen LogP contribution is 2.40. The Bertz CT molecular complexity index is 609. The van der Waals surface area contributed by atoms with Gasteiger partial charge in [0.05, 0.1) is 0 Å². The third-order valence-electron chi connectivity index (χ3n) is 4.04. The van der Waals surface area contributed by atoms with Crippen molar-refractivity contribution in [1.29, 1.82) is 0 Å². The molecule has 0 atom stereocenters. The van der Waals surface area contributed by atoms with E-state index in [1.807, 2.05) is 67.5 Å².